The van der Waals surface area contributed by atoms with Gasteiger partial charge in [0, 0.05) is 16.6 Å². The molecule has 11 heteroatoms. The molecule has 33 heavy (non-hydrogen) atoms. The molecule has 0 aromatic heterocycles. The van der Waals surface area contributed by atoms with E-state index in [0.29, 0.717) is 17.1 Å². The standard InChI is InChI=1S/C22H16BrI2N3O5/c1-32-20-7-4-15(23)10-17(20)22(29)27-26-11-14-8-18(24)21(19(25)9-14)33-12-13-2-5-16(6-3-13)28(30)31/h2-11H,12H2,1H3,(H,27,29)/b26-11-. The van der Waals surface area contributed by atoms with E-state index in [1.165, 1.54) is 19.2 Å². The summed E-state index contributed by atoms with van der Waals surface area (Å²) in [4.78, 5) is 22.8. The predicted molar refractivity (Wildman–Crippen MR) is 145 cm³/mol. The summed E-state index contributed by atoms with van der Waals surface area (Å²) < 4.78 is 13.6. The third kappa shape index (κ3) is 6.86. The Hall–Kier alpha value is -2.26. The molecule has 1 N–H and O–H groups in total. The number of amides is 1. The van der Waals surface area contributed by atoms with Crippen molar-refractivity contribution in [3.8, 4) is 11.5 Å². The van der Waals surface area contributed by atoms with E-state index in [4.69, 9.17) is 9.47 Å². The van der Waals surface area contributed by atoms with Crippen LogP contribution in [0.1, 0.15) is 21.5 Å². The molecule has 0 radical (unpaired) electrons. The molecule has 3 aromatic rings. The Morgan fingerprint density at radius 3 is 2.42 bits per heavy atom. The largest absolute Gasteiger partial charge is 0.496 e. The van der Waals surface area contributed by atoms with E-state index in [-0.39, 0.29) is 12.3 Å². The van der Waals surface area contributed by atoms with Crippen LogP contribution in [0.25, 0.3) is 0 Å². The van der Waals surface area contributed by atoms with Crippen molar-refractivity contribution in [3.05, 3.63) is 93.0 Å². The zero-order chi connectivity index (χ0) is 24.0. The van der Waals surface area contributed by atoms with E-state index in [2.05, 4.69) is 71.6 Å². The Labute approximate surface area is 225 Å². The molecule has 170 valence electrons. The molecule has 0 saturated heterocycles. The number of ether oxygens (including phenoxy) is 2. The summed E-state index contributed by atoms with van der Waals surface area (Å²) in [7, 11) is 1.50. The fourth-order valence-electron chi connectivity index (χ4n) is 2.74. The molecule has 0 saturated carbocycles. The number of halogens is 3. The molecule has 0 fully saturated rings. The first-order valence-corrected chi connectivity index (χ1v) is 12.3. The first-order chi connectivity index (χ1) is 15.8. The molecule has 0 aliphatic heterocycles. The smallest absolute Gasteiger partial charge is 0.275 e. The maximum Gasteiger partial charge on any atom is 0.275 e. The lowest BCUT2D eigenvalue weighted by Crippen LogP contribution is -2.18. The van der Waals surface area contributed by atoms with E-state index in [0.717, 1.165) is 22.7 Å². The predicted octanol–water partition coefficient (Wildman–Crippen LogP) is 5.92. The lowest BCUT2D eigenvalue weighted by molar-refractivity contribution is -0.384. The van der Waals surface area contributed by atoms with Crippen molar-refractivity contribution in [3.63, 3.8) is 0 Å². The second-order valence-electron chi connectivity index (χ2n) is 6.57. The molecule has 3 aromatic carbocycles. The van der Waals surface area contributed by atoms with Crippen molar-refractivity contribution in [1.82, 2.24) is 5.43 Å². The highest BCUT2D eigenvalue weighted by Crippen LogP contribution is 2.29. The van der Waals surface area contributed by atoms with Gasteiger partial charge in [-0.1, -0.05) is 15.9 Å². The van der Waals surface area contributed by atoms with Crippen LogP contribution in [0, 0.1) is 17.3 Å². The number of hydrogen-bond donors (Lipinski definition) is 1. The molecule has 8 nitrogen and oxygen atoms in total. The second kappa shape index (κ2) is 11.7. The molecule has 0 heterocycles. The number of nitrogens with one attached hydrogen (secondary N) is 1. The summed E-state index contributed by atoms with van der Waals surface area (Å²) in [6.45, 7) is 0.280. The quantitative estimate of drug-likeness (QED) is 0.134. The lowest BCUT2D eigenvalue weighted by atomic mass is 10.2. The monoisotopic (exact) mass is 735 g/mol. The number of hydrazone groups is 1. The SMILES string of the molecule is COc1ccc(Br)cc1C(=O)N/N=C\c1cc(I)c(OCc2ccc([N+](=O)[O-])cc2)c(I)c1. The Kier molecular flexibility index (Phi) is 9.02. The maximum atomic E-state index is 12.4. The van der Waals surface area contributed by atoms with E-state index >= 15 is 0 Å². The summed E-state index contributed by atoms with van der Waals surface area (Å²) in [5.41, 5.74) is 4.52. The molecular formula is C22H16BrI2N3O5. The van der Waals surface area contributed by atoms with Gasteiger partial charge in [0.2, 0.25) is 0 Å². The lowest BCUT2D eigenvalue weighted by Gasteiger charge is -2.11. The zero-order valence-electron chi connectivity index (χ0n) is 17.1. The van der Waals surface area contributed by atoms with Crippen LogP contribution in [0.15, 0.2) is 64.2 Å². The molecule has 0 atom stereocenters. The highest BCUT2D eigenvalue weighted by molar-refractivity contribution is 14.1. The number of carbonyl (C=O) groups excluding carboxylic acids is 1. The number of carbonyl (C=O) groups is 1. The molecule has 0 unspecified atom stereocenters. The normalized spacial score (nSPS) is 10.8. The highest BCUT2D eigenvalue weighted by atomic mass is 127. The van der Waals surface area contributed by atoms with Crippen molar-refractivity contribution in [2.24, 2.45) is 5.10 Å². The third-order valence-electron chi connectivity index (χ3n) is 4.34. The summed E-state index contributed by atoms with van der Waals surface area (Å²) in [6, 6.07) is 15.1. The minimum atomic E-state index is -0.436. The van der Waals surface area contributed by atoms with E-state index in [1.54, 1.807) is 36.5 Å². The molecule has 0 aliphatic rings. The second-order valence-corrected chi connectivity index (χ2v) is 9.81. The number of nitrogens with zero attached hydrogens (tertiary/aromatic N) is 2. The van der Waals surface area contributed by atoms with Crippen molar-refractivity contribution in [2.45, 2.75) is 6.61 Å². The first-order valence-electron chi connectivity index (χ1n) is 9.30. The fourth-order valence-corrected chi connectivity index (χ4v) is 5.23. The minimum absolute atomic E-state index is 0.0389. The molecule has 0 bridgehead atoms. The number of methoxy groups -OCH3 is 1. The van der Waals surface area contributed by atoms with Gasteiger partial charge in [-0.3, -0.25) is 14.9 Å². The van der Waals surface area contributed by atoms with Gasteiger partial charge in [0.05, 0.1) is 31.0 Å². The Balaban J connectivity index is 1.66. The van der Waals surface area contributed by atoms with Gasteiger partial charge in [0.1, 0.15) is 18.1 Å². The van der Waals surface area contributed by atoms with Crippen molar-refractivity contribution in [1.29, 1.82) is 0 Å². The number of rotatable bonds is 8. The summed E-state index contributed by atoms with van der Waals surface area (Å²) in [6.07, 6.45) is 1.55. The van der Waals surface area contributed by atoms with Gasteiger partial charge in [0.15, 0.2) is 0 Å². The summed E-state index contributed by atoms with van der Waals surface area (Å²) >= 11 is 7.67. The minimum Gasteiger partial charge on any atom is -0.496 e. The van der Waals surface area contributed by atoms with Gasteiger partial charge >= 0.3 is 0 Å². The van der Waals surface area contributed by atoms with Gasteiger partial charge in [-0.25, -0.2) is 5.43 Å². The van der Waals surface area contributed by atoms with Gasteiger partial charge in [-0.15, -0.1) is 0 Å². The number of nitro benzene ring substituents is 1. The topological polar surface area (TPSA) is 103 Å². The van der Waals surface area contributed by atoms with Crippen LogP contribution in [0.3, 0.4) is 0 Å². The van der Waals surface area contributed by atoms with Gasteiger partial charge in [0.25, 0.3) is 11.6 Å². The van der Waals surface area contributed by atoms with Crippen LogP contribution < -0.4 is 14.9 Å². The van der Waals surface area contributed by atoms with Gasteiger partial charge in [-0.05, 0) is 98.8 Å². The molecule has 1 amide bonds. The van der Waals surface area contributed by atoms with Crippen LogP contribution in [0.4, 0.5) is 5.69 Å². The highest BCUT2D eigenvalue weighted by Gasteiger charge is 2.13. The van der Waals surface area contributed by atoms with Crippen molar-refractivity contribution >= 4 is 78.9 Å². The van der Waals surface area contributed by atoms with E-state index in [1.807, 2.05) is 12.1 Å². The van der Waals surface area contributed by atoms with E-state index in [9.17, 15) is 14.9 Å². The Bertz CT molecular complexity index is 1200. The van der Waals surface area contributed by atoms with Crippen LogP contribution in [0.5, 0.6) is 11.5 Å². The van der Waals surface area contributed by atoms with Crippen LogP contribution in [-0.4, -0.2) is 24.2 Å². The molecule has 0 spiro atoms. The average Bonchev–Trinajstić information content (AvgIpc) is 2.78. The third-order valence-corrected chi connectivity index (χ3v) is 6.43. The maximum absolute atomic E-state index is 12.4. The Morgan fingerprint density at radius 1 is 1.15 bits per heavy atom. The van der Waals surface area contributed by atoms with E-state index < -0.39 is 10.8 Å². The Morgan fingerprint density at radius 2 is 1.82 bits per heavy atom. The van der Waals surface area contributed by atoms with Gasteiger partial charge < -0.3 is 9.47 Å². The fraction of sp³-hybridized carbons (Fsp3) is 0.0909. The number of benzene rings is 3. The van der Waals surface area contributed by atoms with Gasteiger partial charge in [-0.2, -0.15) is 5.10 Å². The number of nitro groups is 1. The molecule has 0 aliphatic carbocycles. The molecular weight excluding hydrogens is 720 g/mol. The summed E-state index contributed by atoms with van der Waals surface area (Å²) in [5.74, 6) is 0.760. The number of non-ortho nitro benzene ring substituents is 1. The van der Waals surface area contributed by atoms with Crippen LogP contribution >= 0.6 is 61.1 Å². The van der Waals surface area contributed by atoms with Crippen molar-refractivity contribution in [2.75, 3.05) is 7.11 Å². The van der Waals surface area contributed by atoms with Crippen molar-refractivity contribution < 1.29 is 19.2 Å². The van der Waals surface area contributed by atoms with Crippen LogP contribution in [0.2, 0.25) is 0 Å². The van der Waals surface area contributed by atoms with Crippen LogP contribution in [-0.2, 0) is 6.61 Å². The first kappa shape index (κ1) is 25.4. The number of hydrogen-bond acceptors (Lipinski definition) is 6. The summed E-state index contributed by atoms with van der Waals surface area (Å²) in [5, 5.41) is 14.8. The molecule has 3 rings (SSSR count). The average molecular weight is 736 g/mol. The zero-order valence-corrected chi connectivity index (χ0v) is 23.0.